The Morgan fingerprint density at radius 1 is 1.03 bits per heavy atom. The molecule has 160 valence electrons. The highest BCUT2D eigenvalue weighted by molar-refractivity contribution is 9.10. The van der Waals surface area contributed by atoms with Crippen LogP contribution in [0.1, 0.15) is 28.2 Å². The SMILES string of the molecule is Cc1ccc(Oc2ccc(N3C(=S)NC(c4ccccn4)C3c3cc(Br)cs3)cc2)cc1. The number of ether oxygens (including phenoxy) is 1. The van der Waals surface area contributed by atoms with E-state index in [-0.39, 0.29) is 12.1 Å². The van der Waals surface area contributed by atoms with Crippen molar-refractivity contribution in [3.8, 4) is 11.5 Å². The quantitative estimate of drug-likeness (QED) is 0.281. The molecular weight excluding hydrogens is 502 g/mol. The molecule has 4 aromatic rings. The highest BCUT2D eigenvalue weighted by Gasteiger charge is 2.41. The van der Waals surface area contributed by atoms with Crippen LogP contribution >= 0.6 is 39.5 Å². The first kappa shape index (κ1) is 21.1. The van der Waals surface area contributed by atoms with E-state index in [0.717, 1.165) is 27.4 Å². The predicted molar refractivity (Wildman–Crippen MR) is 138 cm³/mol. The first-order chi connectivity index (χ1) is 15.6. The van der Waals surface area contributed by atoms with Crippen LogP contribution in [0.15, 0.2) is 88.8 Å². The molecule has 0 spiro atoms. The summed E-state index contributed by atoms with van der Waals surface area (Å²) in [6.07, 6.45) is 1.82. The Balaban J connectivity index is 1.46. The van der Waals surface area contributed by atoms with E-state index >= 15 is 0 Å². The van der Waals surface area contributed by atoms with E-state index in [9.17, 15) is 0 Å². The van der Waals surface area contributed by atoms with E-state index in [0.29, 0.717) is 5.11 Å². The van der Waals surface area contributed by atoms with Crippen LogP contribution in [0.2, 0.25) is 0 Å². The van der Waals surface area contributed by atoms with E-state index < -0.39 is 0 Å². The molecule has 0 saturated carbocycles. The number of rotatable bonds is 5. The van der Waals surface area contributed by atoms with Crippen LogP contribution in [0.3, 0.4) is 0 Å². The normalized spacial score (nSPS) is 17.9. The van der Waals surface area contributed by atoms with E-state index in [1.165, 1.54) is 10.4 Å². The monoisotopic (exact) mass is 521 g/mol. The van der Waals surface area contributed by atoms with E-state index in [4.69, 9.17) is 17.0 Å². The highest BCUT2D eigenvalue weighted by atomic mass is 79.9. The number of hydrogen-bond donors (Lipinski definition) is 1. The lowest BCUT2D eigenvalue weighted by Crippen LogP contribution is -2.28. The summed E-state index contributed by atoms with van der Waals surface area (Å²) in [4.78, 5) is 7.97. The number of anilines is 1. The molecule has 4 nitrogen and oxygen atoms in total. The van der Waals surface area contributed by atoms with Gasteiger partial charge in [-0.25, -0.2) is 0 Å². The van der Waals surface area contributed by atoms with E-state index in [2.05, 4.69) is 49.5 Å². The molecule has 2 aromatic heterocycles. The lowest BCUT2D eigenvalue weighted by Gasteiger charge is -2.27. The Labute approximate surface area is 205 Å². The van der Waals surface area contributed by atoms with Gasteiger partial charge in [-0.05, 0) is 89.7 Å². The fourth-order valence-electron chi connectivity index (χ4n) is 3.82. The number of nitrogens with one attached hydrogen (secondary N) is 1. The van der Waals surface area contributed by atoms with E-state index in [1.807, 2.05) is 72.9 Å². The largest absolute Gasteiger partial charge is 0.457 e. The van der Waals surface area contributed by atoms with Gasteiger partial charge in [-0.2, -0.15) is 0 Å². The average molecular weight is 522 g/mol. The van der Waals surface area contributed by atoms with Crippen LogP contribution in [-0.4, -0.2) is 10.1 Å². The summed E-state index contributed by atoms with van der Waals surface area (Å²) in [6.45, 7) is 2.06. The summed E-state index contributed by atoms with van der Waals surface area (Å²) in [5.41, 5.74) is 3.18. The zero-order valence-corrected chi connectivity index (χ0v) is 20.5. The number of thiophene rings is 1. The van der Waals surface area contributed by atoms with Gasteiger partial charge in [0.15, 0.2) is 5.11 Å². The molecule has 1 N–H and O–H groups in total. The van der Waals surface area contributed by atoms with Crippen LogP contribution in [0.5, 0.6) is 11.5 Å². The third kappa shape index (κ3) is 4.28. The first-order valence-corrected chi connectivity index (χ1v) is 12.3. The molecule has 1 fully saturated rings. The molecule has 3 heterocycles. The number of hydrogen-bond acceptors (Lipinski definition) is 4. The molecule has 0 aliphatic carbocycles. The molecule has 2 unspecified atom stereocenters. The van der Waals surface area contributed by atoms with Crippen molar-refractivity contribution in [1.82, 2.24) is 10.3 Å². The van der Waals surface area contributed by atoms with Crippen molar-refractivity contribution < 1.29 is 4.74 Å². The Morgan fingerprint density at radius 3 is 2.38 bits per heavy atom. The van der Waals surface area contributed by atoms with Gasteiger partial charge in [0.2, 0.25) is 0 Å². The summed E-state index contributed by atoms with van der Waals surface area (Å²) in [6, 6.07) is 24.2. The second kappa shape index (κ2) is 9.02. The average Bonchev–Trinajstić information content (AvgIpc) is 3.39. The molecule has 2 aromatic carbocycles. The third-order valence-corrected chi connectivity index (χ3v) is 7.43. The Hall–Kier alpha value is -2.74. The second-order valence-electron chi connectivity index (χ2n) is 7.57. The number of aromatic nitrogens is 1. The van der Waals surface area contributed by atoms with Crippen LogP contribution < -0.4 is 15.0 Å². The predicted octanol–water partition coefficient (Wildman–Crippen LogP) is 7.18. The summed E-state index contributed by atoms with van der Waals surface area (Å²) >= 11 is 11.1. The minimum absolute atomic E-state index is 0.00225. The Morgan fingerprint density at radius 2 is 1.75 bits per heavy atom. The Kier molecular flexibility index (Phi) is 5.95. The summed E-state index contributed by atoms with van der Waals surface area (Å²) in [7, 11) is 0. The number of nitrogens with zero attached hydrogens (tertiary/aromatic N) is 2. The third-order valence-electron chi connectivity index (χ3n) is 5.35. The van der Waals surface area contributed by atoms with Gasteiger partial charge in [-0.15, -0.1) is 11.3 Å². The standard InChI is InChI=1S/C25H20BrN3OS2/c1-16-5-9-19(10-6-16)30-20-11-7-18(8-12-20)29-24(22-14-17(26)15-32-22)23(28-25(29)31)21-4-2-3-13-27-21/h2-15,23-24H,1H3,(H,28,31). The molecule has 32 heavy (non-hydrogen) atoms. The van der Waals surface area contributed by atoms with E-state index in [1.54, 1.807) is 11.3 Å². The van der Waals surface area contributed by atoms with Gasteiger partial charge in [0, 0.05) is 26.6 Å². The second-order valence-corrected chi connectivity index (χ2v) is 9.82. The van der Waals surface area contributed by atoms with Gasteiger partial charge in [-0.1, -0.05) is 23.8 Å². The van der Waals surface area contributed by atoms with Gasteiger partial charge in [0.05, 0.1) is 17.8 Å². The first-order valence-electron chi connectivity index (χ1n) is 10.2. The van der Waals surface area contributed by atoms with Crippen molar-refractivity contribution in [2.75, 3.05) is 4.90 Å². The van der Waals surface area contributed by atoms with Crippen molar-refractivity contribution in [3.05, 3.63) is 105 Å². The summed E-state index contributed by atoms with van der Waals surface area (Å²) in [5.74, 6) is 1.60. The number of aryl methyl sites for hydroxylation is 1. The van der Waals surface area contributed by atoms with Gasteiger partial charge in [0.1, 0.15) is 11.5 Å². The lowest BCUT2D eigenvalue weighted by atomic mass is 10.0. The lowest BCUT2D eigenvalue weighted by molar-refractivity contribution is 0.482. The molecule has 5 rings (SSSR count). The summed E-state index contributed by atoms with van der Waals surface area (Å²) < 4.78 is 7.07. The molecule has 0 radical (unpaired) electrons. The fourth-order valence-corrected chi connectivity index (χ4v) is 5.74. The zero-order chi connectivity index (χ0) is 22.1. The smallest absolute Gasteiger partial charge is 0.174 e. The molecule has 1 aliphatic heterocycles. The number of halogens is 1. The maximum atomic E-state index is 6.00. The van der Waals surface area contributed by atoms with Crippen molar-refractivity contribution >= 4 is 50.3 Å². The highest BCUT2D eigenvalue weighted by Crippen LogP contribution is 2.44. The summed E-state index contributed by atoms with van der Waals surface area (Å²) in [5, 5.41) is 6.27. The molecule has 0 amide bonds. The van der Waals surface area contributed by atoms with Crippen LogP contribution in [0.25, 0.3) is 0 Å². The molecule has 0 bridgehead atoms. The molecular formula is C25H20BrN3OS2. The molecule has 1 saturated heterocycles. The zero-order valence-electron chi connectivity index (χ0n) is 17.2. The fraction of sp³-hybridized carbons (Fsp3) is 0.120. The topological polar surface area (TPSA) is 37.4 Å². The van der Waals surface area contributed by atoms with Crippen molar-refractivity contribution in [2.45, 2.75) is 19.0 Å². The molecule has 1 aliphatic rings. The Bertz CT molecular complexity index is 1230. The van der Waals surface area contributed by atoms with Crippen LogP contribution in [0.4, 0.5) is 5.69 Å². The molecule has 2 atom stereocenters. The van der Waals surface area contributed by atoms with Gasteiger partial charge in [-0.3, -0.25) is 4.98 Å². The maximum absolute atomic E-state index is 6.00. The number of benzene rings is 2. The van der Waals surface area contributed by atoms with Crippen molar-refractivity contribution in [1.29, 1.82) is 0 Å². The van der Waals surface area contributed by atoms with Gasteiger partial charge < -0.3 is 15.0 Å². The van der Waals surface area contributed by atoms with Crippen LogP contribution in [-0.2, 0) is 0 Å². The molecule has 7 heteroatoms. The van der Waals surface area contributed by atoms with Gasteiger partial charge in [0.25, 0.3) is 0 Å². The van der Waals surface area contributed by atoms with Crippen LogP contribution in [0, 0.1) is 6.92 Å². The number of pyridine rings is 1. The number of thiocarbonyl (C=S) groups is 1. The maximum Gasteiger partial charge on any atom is 0.174 e. The minimum Gasteiger partial charge on any atom is -0.457 e. The minimum atomic E-state index is -0.0438. The van der Waals surface area contributed by atoms with Crippen molar-refractivity contribution in [2.24, 2.45) is 0 Å². The van der Waals surface area contributed by atoms with Gasteiger partial charge >= 0.3 is 0 Å². The van der Waals surface area contributed by atoms with Crippen molar-refractivity contribution in [3.63, 3.8) is 0 Å².